The Morgan fingerprint density at radius 3 is 2.42 bits per heavy atom. The van der Waals surface area contributed by atoms with Crippen LogP contribution in [0.5, 0.6) is 0 Å². The maximum atomic E-state index is 5.94. The lowest BCUT2D eigenvalue weighted by atomic mass is 9.92. The third kappa shape index (κ3) is 1.80. The molecule has 2 aliphatic rings. The third-order valence-corrected chi connectivity index (χ3v) is 3.16. The molecule has 0 aromatic carbocycles. The van der Waals surface area contributed by atoms with Crippen molar-refractivity contribution in [1.82, 2.24) is 4.90 Å². The quantitative estimate of drug-likeness (QED) is 0.671. The van der Waals surface area contributed by atoms with Crippen molar-refractivity contribution in [3.8, 4) is 0 Å². The Balaban J connectivity index is 1.69. The zero-order valence-corrected chi connectivity index (χ0v) is 8.05. The minimum Gasteiger partial charge on any atom is -0.323 e. The molecule has 0 aromatic rings. The molecule has 2 nitrogen and oxygen atoms in total. The van der Waals surface area contributed by atoms with Crippen molar-refractivity contribution in [1.29, 1.82) is 0 Å². The van der Waals surface area contributed by atoms with Crippen LogP contribution in [-0.4, -0.2) is 30.1 Å². The first-order valence-corrected chi connectivity index (χ1v) is 5.17. The Kier molecular flexibility index (Phi) is 2.13. The second-order valence-electron chi connectivity index (χ2n) is 4.97. The molecule has 2 N–H and O–H groups in total. The van der Waals surface area contributed by atoms with Gasteiger partial charge in [-0.2, -0.15) is 0 Å². The molecule has 0 bridgehead atoms. The second-order valence-corrected chi connectivity index (χ2v) is 4.97. The van der Waals surface area contributed by atoms with Crippen molar-refractivity contribution >= 4 is 0 Å². The summed E-state index contributed by atoms with van der Waals surface area (Å²) in [5, 5.41) is 0. The molecular formula is C10H20N2. The van der Waals surface area contributed by atoms with Crippen LogP contribution in [0.2, 0.25) is 0 Å². The smallest absolute Gasteiger partial charge is 0.0383 e. The van der Waals surface area contributed by atoms with E-state index in [-0.39, 0.29) is 5.54 Å². The van der Waals surface area contributed by atoms with E-state index in [1.807, 2.05) is 0 Å². The van der Waals surface area contributed by atoms with Gasteiger partial charge in [0.1, 0.15) is 0 Å². The molecule has 0 amide bonds. The second kappa shape index (κ2) is 3.00. The predicted octanol–water partition coefficient (Wildman–Crippen LogP) is 1.21. The topological polar surface area (TPSA) is 29.3 Å². The van der Waals surface area contributed by atoms with Crippen LogP contribution in [0.25, 0.3) is 0 Å². The molecule has 0 spiro atoms. The zero-order valence-electron chi connectivity index (χ0n) is 8.05. The molecule has 2 heteroatoms. The van der Waals surface area contributed by atoms with Crippen molar-refractivity contribution in [2.45, 2.75) is 38.1 Å². The average Bonchev–Trinajstić information content (AvgIpc) is 2.35. The summed E-state index contributed by atoms with van der Waals surface area (Å²) in [5.41, 5.74) is 6.07. The molecule has 1 aliphatic carbocycles. The van der Waals surface area contributed by atoms with Crippen molar-refractivity contribution in [2.75, 3.05) is 19.6 Å². The van der Waals surface area contributed by atoms with E-state index in [9.17, 15) is 0 Å². The van der Waals surface area contributed by atoms with Crippen LogP contribution in [-0.2, 0) is 0 Å². The van der Waals surface area contributed by atoms with E-state index < -0.39 is 0 Å². The van der Waals surface area contributed by atoms with Gasteiger partial charge in [-0.05, 0) is 25.7 Å². The minimum atomic E-state index is 0.124. The van der Waals surface area contributed by atoms with Crippen LogP contribution < -0.4 is 5.73 Å². The zero-order chi connectivity index (χ0) is 8.60. The van der Waals surface area contributed by atoms with Gasteiger partial charge in [0, 0.05) is 25.2 Å². The molecule has 1 aliphatic heterocycles. The number of hydrogen-bond donors (Lipinski definition) is 1. The Labute approximate surface area is 75.1 Å². The van der Waals surface area contributed by atoms with Crippen molar-refractivity contribution in [3.05, 3.63) is 0 Å². The summed E-state index contributed by atoms with van der Waals surface area (Å²) in [7, 11) is 0. The standard InChI is InChI=1S/C10H20N2/c1-10(11)7-12(8-10)6-9-4-2-3-5-9/h9H,2-8,11H2,1H3. The van der Waals surface area contributed by atoms with E-state index in [1.54, 1.807) is 0 Å². The maximum absolute atomic E-state index is 5.94. The van der Waals surface area contributed by atoms with E-state index in [1.165, 1.54) is 32.2 Å². The van der Waals surface area contributed by atoms with Gasteiger partial charge in [0.25, 0.3) is 0 Å². The van der Waals surface area contributed by atoms with E-state index in [2.05, 4.69) is 11.8 Å². The van der Waals surface area contributed by atoms with Crippen molar-refractivity contribution in [2.24, 2.45) is 11.7 Å². The van der Waals surface area contributed by atoms with Gasteiger partial charge < -0.3 is 5.73 Å². The van der Waals surface area contributed by atoms with Gasteiger partial charge in [0.05, 0.1) is 0 Å². The summed E-state index contributed by atoms with van der Waals surface area (Å²) < 4.78 is 0. The summed E-state index contributed by atoms with van der Waals surface area (Å²) in [6.45, 7) is 5.69. The molecule has 1 heterocycles. The Hall–Kier alpha value is -0.0800. The molecule has 0 aromatic heterocycles. The molecule has 1 saturated heterocycles. The lowest BCUT2D eigenvalue weighted by Gasteiger charge is -2.46. The first-order valence-electron chi connectivity index (χ1n) is 5.17. The summed E-state index contributed by atoms with van der Waals surface area (Å²) in [6.07, 6.45) is 5.83. The lowest BCUT2D eigenvalue weighted by Crippen LogP contribution is -2.65. The molecule has 2 fully saturated rings. The SMILES string of the molecule is CC1(N)CN(CC2CCCC2)C1. The molecule has 0 unspecified atom stereocenters. The van der Waals surface area contributed by atoms with Crippen LogP contribution in [0.1, 0.15) is 32.6 Å². The van der Waals surface area contributed by atoms with Crippen molar-refractivity contribution < 1.29 is 0 Å². The van der Waals surface area contributed by atoms with Crippen LogP contribution in [0.4, 0.5) is 0 Å². The summed E-state index contributed by atoms with van der Waals surface area (Å²) in [5.74, 6) is 0.987. The highest BCUT2D eigenvalue weighted by molar-refractivity contribution is 4.96. The normalized spacial score (nSPS) is 30.5. The molecule has 12 heavy (non-hydrogen) atoms. The summed E-state index contributed by atoms with van der Waals surface area (Å²) in [4.78, 5) is 2.51. The highest BCUT2D eigenvalue weighted by Gasteiger charge is 2.35. The molecule has 1 saturated carbocycles. The monoisotopic (exact) mass is 168 g/mol. The predicted molar refractivity (Wildman–Crippen MR) is 51.0 cm³/mol. The van der Waals surface area contributed by atoms with Gasteiger partial charge in [-0.15, -0.1) is 0 Å². The fourth-order valence-corrected chi connectivity index (χ4v) is 2.66. The van der Waals surface area contributed by atoms with Crippen LogP contribution >= 0.6 is 0 Å². The van der Waals surface area contributed by atoms with E-state index in [4.69, 9.17) is 5.73 Å². The summed E-state index contributed by atoms with van der Waals surface area (Å²) >= 11 is 0. The van der Waals surface area contributed by atoms with Gasteiger partial charge in [-0.3, -0.25) is 4.90 Å². The molecule has 0 radical (unpaired) electrons. The highest BCUT2D eigenvalue weighted by Crippen LogP contribution is 2.28. The number of hydrogen-bond acceptors (Lipinski definition) is 2. The average molecular weight is 168 g/mol. The number of nitrogens with zero attached hydrogens (tertiary/aromatic N) is 1. The Morgan fingerprint density at radius 2 is 1.92 bits per heavy atom. The third-order valence-electron chi connectivity index (χ3n) is 3.16. The highest BCUT2D eigenvalue weighted by atomic mass is 15.2. The van der Waals surface area contributed by atoms with Gasteiger partial charge in [0.2, 0.25) is 0 Å². The maximum Gasteiger partial charge on any atom is 0.0383 e. The van der Waals surface area contributed by atoms with E-state index >= 15 is 0 Å². The fraction of sp³-hybridized carbons (Fsp3) is 1.00. The molecule has 0 atom stereocenters. The van der Waals surface area contributed by atoms with Gasteiger partial charge >= 0.3 is 0 Å². The fourth-order valence-electron chi connectivity index (χ4n) is 2.66. The van der Waals surface area contributed by atoms with Crippen LogP contribution in [0.3, 0.4) is 0 Å². The van der Waals surface area contributed by atoms with Crippen LogP contribution in [0, 0.1) is 5.92 Å². The number of likely N-dealkylation sites (tertiary alicyclic amines) is 1. The number of nitrogens with two attached hydrogens (primary N) is 1. The van der Waals surface area contributed by atoms with Gasteiger partial charge in [-0.25, -0.2) is 0 Å². The van der Waals surface area contributed by atoms with Gasteiger partial charge in [0.15, 0.2) is 0 Å². The Morgan fingerprint density at radius 1 is 1.33 bits per heavy atom. The van der Waals surface area contributed by atoms with E-state index in [0.29, 0.717) is 0 Å². The van der Waals surface area contributed by atoms with Crippen molar-refractivity contribution in [3.63, 3.8) is 0 Å². The lowest BCUT2D eigenvalue weighted by molar-refractivity contribution is 0.0678. The first-order chi connectivity index (χ1) is 5.66. The van der Waals surface area contributed by atoms with Crippen LogP contribution in [0.15, 0.2) is 0 Å². The summed E-state index contributed by atoms with van der Waals surface area (Å²) in [6, 6.07) is 0. The molecule has 70 valence electrons. The first kappa shape index (κ1) is 8.52. The minimum absolute atomic E-state index is 0.124. The van der Waals surface area contributed by atoms with E-state index in [0.717, 1.165) is 19.0 Å². The molecule has 2 rings (SSSR count). The molecular weight excluding hydrogens is 148 g/mol. The Bertz CT molecular complexity index is 151. The largest absolute Gasteiger partial charge is 0.323 e. The number of rotatable bonds is 2. The van der Waals surface area contributed by atoms with Gasteiger partial charge in [-0.1, -0.05) is 12.8 Å².